The van der Waals surface area contributed by atoms with Gasteiger partial charge in [-0.25, -0.2) is 13.1 Å². The van der Waals surface area contributed by atoms with Crippen molar-refractivity contribution in [3.05, 3.63) is 64.8 Å². The number of hydrogen-bond acceptors (Lipinski definition) is 4. The van der Waals surface area contributed by atoms with Crippen LogP contribution in [0.4, 0.5) is 18.9 Å². The van der Waals surface area contributed by atoms with Crippen molar-refractivity contribution in [3.63, 3.8) is 0 Å². The minimum Gasteiger partial charge on any atom is -0.313 e. The topological polar surface area (TPSA) is 86.0 Å². The highest BCUT2D eigenvalue weighted by Gasteiger charge is 2.37. The van der Waals surface area contributed by atoms with Crippen LogP contribution < -0.4 is 10.3 Å². The van der Waals surface area contributed by atoms with Gasteiger partial charge in [0.2, 0.25) is 10.0 Å². The van der Waals surface area contributed by atoms with Gasteiger partial charge in [0.1, 0.15) is 0 Å². The Kier molecular flexibility index (Phi) is 5.61. The number of benzene rings is 1. The van der Waals surface area contributed by atoms with E-state index in [1.807, 2.05) is 6.92 Å². The van der Waals surface area contributed by atoms with Gasteiger partial charge in [-0.1, -0.05) is 13.0 Å². The Morgan fingerprint density at radius 2 is 1.91 bits per heavy atom. The van der Waals surface area contributed by atoms with E-state index >= 15 is 0 Å². The molecule has 1 N–H and O–H groups in total. The Hall–Kier alpha value is -3.08. The third-order valence-corrected chi connectivity index (χ3v) is 7.01. The fraction of sp³-hybridized carbons (Fsp3) is 0.333. The summed E-state index contributed by atoms with van der Waals surface area (Å²) >= 11 is 0. The summed E-state index contributed by atoms with van der Waals surface area (Å²) in [4.78, 5) is 11.9. The van der Waals surface area contributed by atoms with Gasteiger partial charge >= 0.3 is 6.18 Å². The monoisotopic (exact) mass is 466 g/mol. The largest absolute Gasteiger partial charge is 0.417 e. The molecular formula is C21H21F3N4O3S. The van der Waals surface area contributed by atoms with Gasteiger partial charge in [0, 0.05) is 36.3 Å². The molecule has 170 valence electrons. The van der Waals surface area contributed by atoms with Gasteiger partial charge in [-0.15, -0.1) is 0 Å². The average Bonchev–Trinajstić information content (AvgIpc) is 3.48. The van der Waals surface area contributed by atoms with Gasteiger partial charge in [0.25, 0.3) is 5.56 Å². The van der Waals surface area contributed by atoms with E-state index in [1.54, 1.807) is 12.3 Å². The number of hydrogen-bond donors (Lipinski definition) is 1. The van der Waals surface area contributed by atoms with Crippen LogP contribution in [0.3, 0.4) is 0 Å². The number of sulfonamides is 1. The number of alkyl halides is 3. The first kappa shape index (κ1) is 22.1. The molecule has 2 aromatic heterocycles. The quantitative estimate of drug-likeness (QED) is 0.570. The van der Waals surface area contributed by atoms with Crippen molar-refractivity contribution in [2.24, 2.45) is 0 Å². The van der Waals surface area contributed by atoms with Crippen LogP contribution >= 0.6 is 0 Å². The molecule has 3 aromatic rings. The molecule has 0 radical (unpaired) electrons. The molecule has 0 spiro atoms. The van der Waals surface area contributed by atoms with Crippen LogP contribution in [0.2, 0.25) is 0 Å². The summed E-state index contributed by atoms with van der Waals surface area (Å²) in [5.74, 6) is 0. The molecule has 32 heavy (non-hydrogen) atoms. The molecule has 7 nitrogen and oxygen atoms in total. The highest BCUT2D eigenvalue weighted by atomic mass is 32.2. The van der Waals surface area contributed by atoms with Crippen molar-refractivity contribution in [3.8, 4) is 16.8 Å². The average molecular weight is 466 g/mol. The van der Waals surface area contributed by atoms with Crippen molar-refractivity contribution < 1.29 is 21.6 Å². The lowest BCUT2D eigenvalue weighted by Crippen LogP contribution is -2.19. The number of halogens is 3. The molecular weight excluding hydrogens is 445 g/mol. The van der Waals surface area contributed by atoms with Crippen molar-refractivity contribution in [1.82, 2.24) is 14.3 Å². The van der Waals surface area contributed by atoms with E-state index in [0.717, 1.165) is 12.5 Å². The highest BCUT2D eigenvalue weighted by molar-refractivity contribution is 7.93. The van der Waals surface area contributed by atoms with Crippen molar-refractivity contribution in [2.75, 3.05) is 4.72 Å². The lowest BCUT2D eigenvalue weighted by Gasteiger charge is -2.15. The number of aromatic nitrogens is 3. The first-order valence-corrected chi connectivity index (χ1v) is 11.6. The highest BCUT2D eigenvalue weighted by Crippen LogP contribution is 2.39. The normalized spacial score (nSPS) is 14.5. The summed E-state index contributed by atoms with van der Waals surface area (Å²) in [5.41, 5.74) is -0.656. The van der Waals surface area contributed by atoms with Crippen molar-refractivity contribution in [2.45, 2.75) is 44.2 Å². The zero-order chi connectivity index (χ0) is 23.1. The molecule has 1 saturated carbocycles. The molecule has 0 bridgehead atoms. The van der Waals surface area contributed by atoms with E-state index in [0.29, 0.717) is 25.1 Å². The Morgan fingerprint density at radius 1 is 1.16 bits per heavy atom. The van der Waals surface area contributed by atoms with Crippen LogP contribution in [0.25, 0.3) is 16.8 Å². The number of nitrogens with one attached hydrogen (secondary N) is 1. The molecule has 0 atom stereocenters. The molecule has 0 saturated heterocycles. The van der Waals surface area contributed by atoms with Gasteiger partial charge in [-0.05, 0) is 43.0 Å². The van der Waals surface area contributed by atoms with Crippen molar-refractivity contribution >= 4 is 15.7 Å². The molecule has 2 heterocycles. The van der Waals surface area contributed by atoms with Gasteiger partial charge in [0.15, 0.2) is 0 Å². The standard InChI is InChI=1S/C21H21F3N4O3S/c1-2-9-27-13-16(4-8-20(27)29)28-12-14(11-25-28)18-7-3-15(10-19(18)21(22,23)24)26-32(30,31)17-5-6-17/h3-4,7-8,10-13,17,26H,2,5-6,9H2,1H3. The fourth-order valence-electron chi connectivity index (χ4n) is 3.39. The molecule has 0 aliphatic heterocycles. The summed E-state index contributed by atoms with van der Waals surface area (Å²) in [5, 5.41) is 3.60. The number of anilines is 1. The van der Waals surface area contributed by atoms with Gasteiger partial charge < -0.3 is 4.57 Å². The zero-order valence-corrected chi connectivity index (χ0v) is 17.9. The second kappa shape index (κ2) is 8.12. The zero-order valence-electron chi connectivity index (χ0n) is 17.1. The Morgan fingerprint density at radius 3 is 2.56 bits per heavy atom. The molecule has 1 aromatic carbocycles. The lowest BCUT2D eigenvalue weighted by molar-refractivity contribution is -0.137. The van der Waals surface area contributed by atoms with E-state index in [9.17, 15) is 26.4 Å². The molecule has 11 heteroatoms. The van der Waals surface area contributed by atoms with Crippen LogP contribution in [0.15, 0.2) is 53.7 Å². The van der Waals surface area contributed by atoms with E-state index in [-0.39, 0.29) is 22.4 Å². The number of rotatable bonds is 7. The summed E-state index contributed by atoms with van der Waals surface area (Å²) in [6, 6.07) is 6.27. The van der Waals surface area contributed by atoms with Crippen LogP contribution in [0, 0.1) is 0 Å². The van der Waals surface area contributed by atoms with E-state index < -0.39 is 27.0 Å². The number of aryl methyl sites for hydroxylation is 1. The third kappa shape index (κ3) is 4.57. The number of pyridine rings is 1. The Balaban J connectivity index is 1.70. The SMILES string of the molecule is CCCn1cc(-n2cc(-c3ccc(NS(=O)(=O)C4CC4)cc3C(F)(F)F)cn2)ccc1=O. The van der Waals surface area contributed by atoms with Gasteiger partial charge in [-0.3, -0.25) is 9.52 Å². The summed E-state index contributed by atoms with van der Waals surface area (Å²) in [6.07, 6.45) is 1.40. The maximum Gasteiger partial charge on any atom is 0.417 e. The van der Waals surface area contributed by atoms with Gasteiger partial charge in [-0.2, -0.15) is 18.3 Å². The second-order valence-corrected chi connectivity index (χ2v) is 9.66. The molecule has 1 aliphatic carbocycles. The molecule has 0 amide bonds. The molecule has 4 rings (SSSR count). The van der Waals surface area contributed by atoms with Crippen molar-refractivity contribution in [1.29, 1.82) is 0 Å². The maximum atomic E-state index is 13.8. The molecule has 1 fully saturated rings. The van der Waals surface area contributed by atoms with Gasteiger partial charge in [0.05, 0.1) is 22.7 Å². The maximum absolute atomic E-state index is 13.8. The van der Waals surface area contributed by atoms with Crippen LogP contribution in [-0.2, 0) is 22.7 Å². The summed E-state index contributed by atoms with van der Waals surface area (Å²) in [6.45, 7) is 2.44. The van der Waals surface area contributed by atoms with Crippen LogP contribution in [-0.4, -0.2) is 28.0 Å². The summed E-state index contributed by atoms with van der Waals surface area (Å²) in [7, 11) is -3.69. The lowest BCUT2D eigenvalue weighted by atomic mass is 10.0. The minimum atomic E-state index is -4.70. The first-order valence-electron chi connectivity index (χ1n) is 10.1. The van der Waals surface area contributed by atoms with E-state index in [2.05, 4.69) is 9.82 Å². The third-order valence-electron chi connectivity index (χ3n) is 5.14. The first-order chi connectivity index (χ1) is 15.1. The minimum absolute atomic E-state index is 0.125. The Labute approximate surface area is 182 Å². The second-order valence-electron chi connectivity index (χ2n) is 7.70. The smallest absolute Gasteiger partial charge is 0.313 e. The van der Waals surface area contributed by atoms with Crippen LogP contribution in [0.1, 0.15) is 31.7 Å². The van der Waals surface area contributed by atoms with E-state index in [1.165, 1.54) is 39.8 Å². The van der Waals surface area contributed by atoms with E-state index in [4.69, 9.17) is 0 Å². The Bertz CT molecular complexity index is 1310. The fourth-order valence-corrected chi connectivity index (χ4v) is 4.77. The predicted octanol–water partition coefficient (Wildman–Crippen LogP) is 4.03. The molecule has 0 unspecified atom stereocenters. The number of nitrogens with zero attached hydrogens (tertiary/aromatic N) is 3. The summed E-state index contributed by atoms with van der Waals surface area (Å²) < 4.78 is 70.7. The van der Waals surface area contributed by atoms with Crippen LogP contribution in [0.5, 0.6) is 0 Å². The predicted molar refractivity (Wildman–Crippen MR) is 114 cm³/mol. The molecule has 1 aliphatic rings.